The molecule has 1 amide bonds. The summed E-state index contributed by atoms with van der Waals surface area (Å²) in [4.78, 5) is 36.2. The summed E-state index contributed by atoms with van der Waals surface area (Å²) in [6.45, 7) is 7.87. The Morgan fingerprint density at radius 1 is 0.903 bits per heavy atom. The molecule has 0 aliphatic carbocycles. The molecule has 0 radical (unpaired) electrons. The van der Waals surface area contributed by atoms with Crippen molar-refractivity contribution in [1.82, 2.24) is 0 Å². The SMILES string of the molecule is Cc1c(C(=O)Nc2cccc(C(=O)c3ccc(C(C)(C)C)cc3)c2)cccc1[N+](=O)[O-]. The molecular weight excluding hydrogens is 392 g/mol. The molecule has 0 aliphatic rings. The van der Waals surface area contributed by atoms with Crippen LogP contribution in [0.15, 0.2) is 66.7 Å². The molecule has 31 heavy (non-hydrogen) atoms. The van der Waals surface area contributed by atoms with Crippen molar-refractivity contribution in [2.24, 2.45) is 0 Å². The molecule has 0 saturated heterocycles. The Labute approximate surface area is 181 Å². The zero-order valence-corrected chi connectivity index (χ0v) is 17.9. The van der Waals surface area contributed by atoms with Crippen LogP contribution in [0.1, 0.15) is 58.2 Å². The highest BCUT2D eigenvalue weighted by atomic mass is 16.6. The van der Waals surface area contributed by atoms with Gasteiger partial charge in [-0.1, -0.05) is 63.2 Å². The van der Waals surface area contributed by atoms with Crippen LogP contribution in [0.2, 0.25) is 0 Å². The van der Waals surface area contributed by atoms with E-state index in [1.54, 1.807) is 36.4 Å². The van der Waals surface area contributed by atoms with Gasteiger partial charge in [0.05, 0.1) is 4.92 Å². The average molecular weight is 416 g/mol. The van der Waals surface area contributed by atoms with Gasteiger partial charge in [0, 0.05) is 34.0 Å². The van der Waals surface area contributed by atoms with Gasteiger partial charge in [-0.3, -0.25) is 19.7 Å². The zero-order valence-electron chi connectivity index (χ0n) is 17.9. The minimum atomic E-state index is -0.518. The highest BCUT2D eigenvalue weighted by Crippen LogP contribution is 2.24. The number of carbonyl (C=O) groups is 2. The van der Waals surface area contributed by atoms with Crippen molar-refractivity contribution in [3.05, 3.63) is 105 Å². The molecule has 0 atom stereocenters. The minimum Gasteiger partial charge on any atom is -0.322 e. The first-order valence-corrected chi connectivity index (χ1v) is 9.88. The van der Waals surface area contributed by atoms with Crippen LogP contribution in [0, 0.1) is 17.0 Å². The second-order valence-electron chi connectivity index (χ2n) is 8.40. The third-order valence-electron chi connectivity index (χ3n) is 5.14. The monoisotopic (exact) mass is 416 g/mol. The Kier molecular flexibility index (Phi) is 6.02. The Morgan fingerprint density at radius 2 is 1.55 bits per heavy atom. The molecule has 0 aliphatic heterocycles. The number of nitro groups is 1. The standard InChI is InChI=1S/C25H24N2O4/c1-16-21(9-6-10-22(16)27(30)31)24(29)26-20-8-5-7-18(15-20)23(28)17-11-13-19(14-12-17)25(2,3)4/h5-15H,1-4H3,(H,26,29). The van der Waals surface area contributed by atoms with Crippen molar-refractivity contribution in [1.29, 1.82) is 0 Å². The van der Waals surface area contributed by atoms with Crippen LogP contribution in [0.25, 0.3) is 0 Å². The highest BCUT2D eigenvalue weighted by Gasteiger charge is 2.19. The molecule has 0 aromatic heterocycles. The molecule has 158 valence electrons. The van der Waals surface area contributed by atoms with Crippen LogP contribution < -0.4 is 5.32 Å². The fraction of sp³-hybridized carbons (Fsp3) is 0.200. The van der Waals surface area contributed by atoms with Crippen LogP contribution in [-0.2, 0) is 5.41 Å². The maximum atomic E-state index is 12.9. The summed E-state index contributed by atoms with van der Waals surface area (Å²) < 4.78 is 0. The topological polar surface area (TPSA) is 89.3 Å². The summed E-state index contributed by atoms with van der Waals surface area (Å²) in [5.41, 5.74) is 2.96. The van der Waals surface area contributed by atoms with Gasteiger partial charge in [-0.2, -0.15) is 0 Å². The highest BCUT2D eigenvalue weighted by molar-refractivity contribution is 6.10. The minimum absolute atomic E-state index is 0.00355. The van der Waals surface area contributed by atoms with Gasteiger partial charge in [0.15, 0.2) is 5.78 Å². The number of carbonyl (C=O) groups excluding carboxylic acids is 2. The molecule has 6 heteroatoms. The maximum Gasteiger partial charge on any atom is 0.273 e. The lowest BCUT2D eigenvalue weighted by molar-refractivity contribution is -0.385. The van der Waals surface area contributed by atoms with Crippen LogP contribution in [0.3, 0.4) is 0 Å². The molecule has 6 nitrogen and oxygen atoms in total. The van der Waals surface area contributed by atoms with Gasteiger partial charge in [-0.25, -0.2) is 0 Å². The first kappa shape index (κ1) is 21.9. The molecule has 3 aromatic rings. The number of nitro benzene ring substituents is 1. The van der Waals surface area contributed by atoms with E-state index in [9.17, 15) is 19.7 Å². The van der Waals surface area contributed by atoms with E-state index in [-0.39, 0.29) is 28.0 Å². The van der Waals surface area contributed by atoms with E-state index in [1.165, 1.54) is 25.1 Å². The lowest BCUT2D eigenvalue weighted by Crippen LogP contribution is -2.14. The molecule has 0 fully saturated rings. The molecule has 3 aromatic carbocycles. The molecule has 0 heterocycles. The predicted molar refractivity (Wildman–Crippen MR) is 121 cm³/mol. The van der Waals surface area contributed by atoms with Crippen molar-refractivity contribution in [3.8, 4) is 0 Å². The lowest BCUT2D eigenvalue weighted by atomic mass is 9.86. The van der Waals surface area contributed by atoms with Gasteiger partial charge in [0.2, 0.25) is 0 Å². The second-order valence-corrected chi connectivity index (χ2v) is 8.40. The molecule has 0 saturated carbocycles. The van der Waals surface area contributed by atoms with E-state index >= 15 is 0 Å². The van der Waals surface area contributed by atoms with Crippen LogP contribution in [0.4, 0.5) is 11.4 Å². The molecule has 3 rings (SSSR count). The maximum absolute atomic E-state index is 12.9. The number of anilines is 1. The van der Waals surface area contributed by atoms with Gasteiger partial charge in [-0.15, -0.1) is 0 Å². The van der Waals surface area contributed by atoms with Gasteiger partial charge in [0.25, 0.3) is 11.6 Å². The summed E-state index contributed by atoms with van der Waals surface area (Å²) in [5, 5.41) is 13.8. The summed E-state index contributed by atoms with van der Waals surface area (Å²) >= 11 is 0. The van der Waals surface area contributed by atoms with Gasteiger partial charge in [-0.05, 0) is 36.1 Å². The van der Waals surface area contributed by atoms with E-state index in [0.717, 1.165) is 5.56 Å². The Hall–Kier alpha value is -3.80. The first-order valence-electron chi connectivity index (χ1n) is 9.88. The zero-order chi connectivity index (χ0) is 22.8. The number of hydrogen-bond donors (Lipinski definition) is 1. The van der Waals surface area contributed by atoms with Crippen molar-refractivity contribution >= 4 is 23.1 Å². The van der Waals surface area contributed by atoms with Crippen molar-refractivity contribution in [3.63, 3.8) is 0 Å². The van der Waals surface area contributed by atoms with Crippen LogP contribution >= 0.6 is 0 Å². The normalized spacial score (nSPS) is 11.1. The van der Waals surface area contributed by atoms with Crippen LogP contribution in [-0.4, -0.2) is 16.6 Å². The van der Waals surface area contributed by atoms with Crippen LogP contribution in [0.5, 0.6) is 0 Å². The quantitative estimate of drug-likeness (QED) is 0.329. The number of amides is 1. The summed E-state index contributed by atoms with van der Waals surface area (Å²) in [5.74, 6) is -0.622. The summed E-state index contributed by atoms with van der Waals surface area (Å²) in [7, 11) is 0. The average Bonchev–Trinajstić information content (AvgIpc) is 2.72. The van der Waals surface area contributed by atoms with Crippen molar-refractivity contribution < 1.29 is 14.5 Å². The van der Waals surface area contributed by atoms with E-state index < -0.39 is 10.8 Å². The number of nitrogens with zero attached hydrogens (tertiary/aromatic N) is 1. The van der Waals surface area contributed by atoms with Crippen molar-refractivity contribution in [2.45, 2.75) is 33.1 Å². The van der Waals surface area contributed by atoms with Crippen molar-refractivity contribution in [2.75, 3.05) is 5.32 Å². The van der Waals surface area contributed by atoms with E-state index in [4.69, 9.17) is 0 Å². The van der Waals surface area contributed by atoms with E-state index in [2.05, 4.69) is 26.1 Å². The fourth-order valence-corrected chi connectivity index (χ4v) is 3.29. The number of nitrogens with one attached hydrogen (secondary N) is 1. The second kappa shape index (κ2) is 8.52. The summed E-state index contributed by atoms with van der Waals surface area (Å²) in [6, 6.07) is 18.5. The molecule has 0 unspecified atom stereocenters. The van der Waals surface area contributed by atoms with Gasteiger partial charge in [0.1, 0.15) is 0 Å². The molecule has 0 spiro atoms. The summed E-state index contributed by atoms with van der Waals surface area (Å²) in [6.07, 6.45) is 0. The largest absolute Gasteiger partial charge is 0.322 e. The molecule has 1 N–H and O–H groups in total. The Bertz CT molecular complexity index is 1160. The van der Waals surface area contributed by atoms with E-state index in [1.807, 2.05) is 12.1 Å². The third kappa shape index (κ3) is 4.86. The number of hydrogen-bond acceptors (Lipinski definition) is 4. The smallest absolute Gasteiger partial charge is 0.273 e. The Morgan fingerprint density at radius 3 is 2.16 bits per heavy atom. The third-order valence-corrected chi connectivity index (χ3v) is 5.14. The molecular formula is C25H24N2O4. The molecule has 0 bridgehead atoms. The van der Waals surface area contributed by atoms with E-state index in [0.29, 0.717) is 16.8 Å². The lowest BCUT2D eigenvalue weighted by Gasteiger charge is -2.19. The number of benzene rings is 3. The Balaban J connectivity index is 1.82. The first-order chi connectivity index (χ1) is 14.6. The fourth-order valence-electron chi connectivity index (χ4n) is 3.29. The number of ketones is 1. The number of rotatable bonds is 5. The van der Waals surface area contributed by atoms with Gasteiger partial charge >= 0.3 is 0 Å². The van der Waals surface area contributed by atoms with Gasteiger partial charge < -0.3 is 5.32 Å². The predicted octanol–water partition coefficient (Wildman–Crippen LogP) is 5.68.